The van der Waals surface area contributed by atoms with Gasteiger partial charge in [0.25, 0.3) is 0 Å². The number of carbonyl (C=O) groups excluding carboxylic acids is 2. The van der Waals surface area contributed by atoms with Crippen molar-refractivity contribution in [2.24, 2.45) is 5.92 Å². The number of amides is 2. The van der Waals surface area contributed by atoms with E-state index >= 15 is 0 Å². The van der Waals surface area contributed by atoms with Gasteiger partial charge in [-0.25, -0.2) is 0 Å². The van der Waals surface area contributed by atoms with E-state index in [0.29, 0.717) is 12.8 Å². The fourth-order valence-electron chi connectivity index (χ4n) is 3.69. The van der Waals surface area contributed by atoms with Crippen molar-refractivity contribution < 1.29 is 9.59 Å². The summed E-state index contributed by atoms with van der Waals surface area (Å²) in [6.45, 7) is 1.91. The standard InChI is InChI=1S/C18H25N3O2/c1-21-16(22)8-7-15(17(21)13-5-3-2-4-6-13)18(23)20-14-9-11-19-12-10-14/h2-6,14-15,17,19H,7-12H2,1H3,(H,20,23). The first-order valence-corrected chi connectivity index (χ1v) is 8.48. The molecule has 3 rings (SSSR count). The van der Waals surface area contributed by atoms with E-state index in [4.69, 9.17) is 0 Å². The molecular weight excluding hydrogens is 290 g/mol. The first-order chi connectivity index (χ1) is 11.2. The molecule has 2 N–H and O–H groups in total. The number of benzene rings is 1. The molecule has 23 heavy (non-hydrogen) atoms. The number of nitrogens with zero attached hydrogens (tertiary/aromatic N) is 1. The normalized spacial score (nSPS) is 26.1. The van der Waals surface area contributed by atoms with E-state index in [9.17, 15) is 9.59 Å². The molecule has 0 bridgehead atoms. The maximum Gasteiger partial charge on any atom is 0.225 e. The maximum atomic E-state index is 12.8. The highest BCUT2D eigenvalue weighted by molar-refractivity contribution is 5.85. The van der Waals surface area contributed by atoms with Gasteiger partial charge in [0.15, 0.2) is 0 Å². The molecule has 5 heteroatoms. The molecule has 124 valence electrons. The minimum Gasteiger partial charge on any atom is -0.353 e. The van der Waals surface area contributed by atoms with Crippen molar-refractivity contribution in [2.75, 3.05) is 20.1 Å². The molecule has 2 fully saturated rings. The zero-order chi connectivity index (χ0) is 16.2. The zero-order valence-electron chi connectivity index (χ0n) is 13.6. The van der Waals surface area contributed by atoms with E-state index in [-0.39, 0.29) is 29.8 Å². The maximum absolute atomic E-state index is 12.8. The molecule has 0 spiro atoms. The van der Waals surface area contributed by atoms with E-state index in [2.05, 4.69) is 10.6 Å². The molecule has 2 atom stereocenters. The molecule has 2 heterocycles. The van der Waals surface area contributed by atoms with E-state index in [1.165, 1.54) is 0 Å². The molecule has 0 saturated carbocycles. The second-order valence-corrected chi connectivity index (χ2v) is 6.54. The first kappa shape index (κ1) is 16.0. The monoisotopic (exact) mass is 315 g/mol. The van der Waals surface area contributed by atoms with Crippen LogP contribution < -0.4 is 10.6 Å². The van der Waals surface area contributed by atoms with Crippen LogP contribution in [0.1, 0.15) is 37.3 Å². The molecule has 2 unspecified atom stereocenters. The lowest BCUT2D eigenvalue weighted by molar-refractivity contribution is -0.142. The molecule has 5 nitrogen and oxygen atoms in total. The lowest BCUT2D eigenvalue weighted by Gasteiger charge is -2.39. The Hall–Kier alpha value is -1.88. The van der Waals surface area contributed by atoms with E-state index in [1.807, 2.05) is 37.4 Å². The zero-order valence-corrected chi connectivity index (χ0v) is 13.6. The van der Waals surface area contributed by atoms with E-state index < -0.39 is 0 Å². The molecule has 1 aromatic carbocycles. The van der Waals surface area contributed by atoms with Gasteiger partial charge in [-0.1, -0.05) is 30.3 Å². The van der Waals surface area contributed by atoms with Gasteiger partial charge in [-0.05, 0) is 37.9 Å². The number of rotatable bonds is 3. The molecule has 2 aliphatic heterocycles. The minimum atomic E-state index is -0.171. The molecule has 0 aromatic heterocycles. The predicted molar refractivity (Wildman–Crippen MR) is 88.7 cm³/mol. The van der Waals surface area contributed by atoms with Crippen molar-refractivity contribution in [3.63, 3.8) is 0 Å². The smallest absolute Gasteiger partial charge is 0.225 e. The van der Waals surface area contributed by atoms with Gasteiger partial charge in [0, 0.05) is 19.5 Å². The van der Waals surface area contributed by atoms with Crippen LogP contribution in [0.5, 0.6) is 0 Å². The van der Waals surface area contributed by atoms with Gasteiger partial charge in [0.1, 0.15) is 0 Å². The van der Waals surface area contributed by atoms with Gasteiger partial charge in [-0.3, -0.25) is 9.59 Å². The van der Waals surface area contributed by atoms with Gasteiger partial charge >= 0.3 is 0 Å². The lowest BCUT2D eigenvalue weighted by atomic mass is 9.83. The third-order valence-electron chi connectivity index (χ3n) is 5.02. The van der Waals surface area contributed by atoms with Crippen molar-refractivity contribution in [1.29, 1.82) is 0 Å². The van der Waals surface area contributed by atoms with Crippen LogP contribution in [0.15, 0.2) is 30.3 Å². The summed E-state index contributed by atoms with van der Waals surface area (Å²) >= 11 is 0. The molecule has 0 aliphatic carbocycles. The quantitative estimate of drug-likeness (QED) is 0.888. The number of nitrogens with one attached hydrogen (secondary N) is 2. The average Bonchev–Trinajstić information content (AvgIpc) is 2.58. The van der Waals surface area contributed by atoms with Gasteiger partial charge in [-0.15, -0.1) is 0 Å². The van der Waals surface area contributed by atoms with Crippen molar-refractivity contribution in [3.8, 4) is 0 Å². The number of likely N-dealkylation sites (tertiary alicyclic amines) is 1. The Morgan fingerprint density at radius 3 is 2.57 bits per heavy atom. The van der Waals surface area contributed by atoms with Crippen LogP contribution in [-0.4, -0.2) is 42.9 Å². The SMILES string of the molecule is CN1C(=O)CCC(C(=O)NC2CCNCC2)C1c1ccccc1. The summed E-state index contributed by atoms with van der Waals surface area (Å²) in [5.74, 6) is 0.0323. The summed E-state index contributed by atoms with van der Waals surface area (Å²) in [5.41, 5.74) is 1.04. The van der Waals surface area contributed by atoms with Gasteiger partial charge in [0.2, 0.25) is 11.8 Å². The summed E-state index contributed by atoms with van der Waals surface area (Å²) < 4.78 is 0. The second kappa shape index (κ2) is 7.13. The average molecular weight is 315 g/mol. The van der Waals surface area contributed by atoms with Crippen molar-refractivity contribution >= 4 is 11.8 Å². The van der Waals surface area contributed by atoms with Crippen LogP contribution in [0.2, 0.25) is 0 Å². The van der Waals surface area contributed by atoms with Crippen LogP contribution in [0.25, 0.3) is 0 Å². The van der Waals surface area contributed by atoms with Crippen LogP contribution >= 0.6 is 0 Å². The molecule has 2 saturated heterocycles. The lowest BCUT2D eigenvalue weighted by Crippen LogP contribution is -2.50. The Balaban J connectivity index is 1.77. The third-order valence-corrected chi connectivity index (χ3v) is 5.02. The third kappa shape index (κ3) is 3.55. The highest BCUT2D eigenvalue weighted by Crippen LogP contribution is 2.35. The number of carbonyl (C=O) groups is 2. The molecular formula is C18H25N3O2. The number of hydrogen-bond donors (Lipinski definition) is 2. The van der Waals surface area contributed by atoms with Crippen LogP contribution in [0.4, 0.5) is 0 Å². The molecule has 2 aliphatic rings. The highest BCUT2D eigenvalue weighted by Gasteiger charge is 2.39. The molecule has 0 radical (unpaired) electrons. The van der Waals surface area contributed by atoms with Crippen LogP contribution in [0.3, 0.4) is 0 Å². The minimum absolute atomic E-state index is 0.0881. The first-order valence-electron chi connectivity index (χ1n) is 8.48. The number of hydrogen-bond acceptors (Lipinski definition) is 3. The Bertz CT molecular complexity index is 555. The summed E-state index contributed by atoms with van der Waals surface area (Å²) in [7, 11) is 1.81. The Labute approximate surface area is 137 Å². The fourth-order valence-corrected chi connectivity index (χ4v) is 3.69. The van der Waals surface area contributed by atoms with Gasteiger partial charge < -0.3 is 15.5 Å². The Morgan fingerprint density at radius 1 is 1.17 bits per heavy atom. The molecule has 2 amide bonds. The summed E-state index contributed by atoms with van der Waals surface area (Å²) in [6, 6.07) is 9.98. The summed E-state index contributed by atoms with van der Waals surface area (Å²) in [6.07, 6.45) is 3.02. The predicted octanol–water partition coefficient (Wildman–Crippen LogP) is 1.46. The van der Waals surface area contributed by atoms with Crippen molar-refractivity contribution in [2.45, 2.75) is 37.8 Å². The summed E-state index contributed by atoms with van der Waals surface area (Å²) in [5, 5.41) is 6.52. The number of piperidine rings is 2. The van der Waals surface area contributed by atoms with Crippen molar-refractivity contribution in [3.05, 3.63) is 35.9 Å². The topological polar surface area (TPSA) is 61.4 Å². The van der Waals surface area contributed by atoms with Gasteiger partial charge in [-0.2, -0.15) is 0 Å². The Morgan fingerprint density at radius 2 is 1.87 bits per heavy atom. The second-order valence-electron chi connectivity index (χ2n) is 6.54. The van der Waals surface area contributed by atoms with Crippen LogP contribution in [0, 0.1) is 5.92 Å². The summed E-state index contributed by atoms with van der Waals surface area (Å²) in [4.78, 5) is 26.7. The highest BCUT2D eigenvalue weighted by atomic mass is 16.2. The fraction of sp³-hybridized carbons (Fsp3) is 0.556. The van der Waals surface area contributed by atoms with Crippen molar-refractivity contribution in [1.82, 2.24) is 15.5 Å². The largest absolute Gasteiger partial charge is 0.353 e. The van der Waals surface area contributed by atoms with E-state index in [0.717, 1.165) is 31.5 Å². The van der Waals surface area contributed by atoms with Gasteiger partial charge in [0.05, 0.1) is 12.0 Å². The van der Waals surface area contributed by atoms with E-state index in [1.54, 1.807) is 4.90 Å². The van der Waals surface area contributed by atoms with Crippen LogP contribution in [-0.2, 0) is 9.59 Å². The Kier molecular flexibility index (Phi) is 4.96. The molecule has 1 aromatic rings.